The van der Waals surface area contributed by atoms with Gasteiger partial charge in [-0.2, -0.15) is 0 Å². The van der Waals surface area contributed by atoms with Gasteiger partial charge in [-0.25, -0.2) is 0 Å². The summed E-state index contributed by atoms with van der Waals surface area (Å²) in [6.07, 6.45) is 0. The summed E-state index contributed by atoms with van der Waals surface area (Å²) in [5, 5.41) is 0. The Balaban J connectivity index is 1.88. The fourth-order valence-corrected chi connectivity index (χ4v) is 2.58. The van der Waals surface area contributed by atoms with Crippen LogP contribution in [0.5, 0.6) is 5.75 Å². The molecule has 0 aromatic heterocycles. The van der Waals surface area contributed by atoms with Crippen LogP contribution in [0, 0.1) is 0 Å². The van der Waals surface area contributed by atoms with Gasteiger partial charge >= 0.3 is 0 Å². The van der Waals surface area contributed by atoms with Crippen LogP contribution in [-0.4, -0.2) is 24.0 Å². The third-order valence-corrected chi connectivity index (χ3v) is 3.76. The predicted molar refractivity (Wildman–Crippen MR) is 80.4 cm³/mol. The molecular weight excluding hydrogens is 270 g/mol. The maximum absolute atomic E-state index is 12.6. The molecule has 1 aliphatic rings. The fraction of sp³-hybridized carbons (Fsp3) is 0.188. The van der Waals surface area contributed by atoms with E-state index in [9.17, 15) is 4.79 Å². The van der Waals surface area contributed by atoms with E-state index in [1.54, 1.807) is 4.90 Å². The molecule has 4 heteroatoms. The van der Waals surface area contributed by atoms with E-state index in [0.29, 0.717) is 30.2 Å². The van der Waals surface area contributed by atoms with Crippen molar-refractivity contribution in [2.24, 2.45) is 0 Å². The minimum Gasteiger partial charge on any atom is -0.491 e. The summed E-state index contributed by atoms with van der Waals surface area (Å²) in [5.41, 5.74) is 1.67. The van der Waals surface area contributed by atoms with E-state index in [0.717, 1.165) is 11.3 Å². The highest BCUT2D eigenvalue weighted by Crippen LogP contribution is 2.24. The van der Waals surface area contributed by atoms with Crippen LogP contribution in [0.1, 0.15) is 15.9 Å². The summed E-state index contributed by atoms with van der Waals surface area (Å²) in [6.45, 7) is 1.66. The maximum atomic E-state index is 12.6. The van der Waals surface area contributed by atoms with Crippen molar-refractivity contribution in [3.05, 3.63) is 59.7 Å². The summed E-state index contributed by atoms with van der Waals surface area (Å²) >= 11 is 4.36. The van der Waals surface area contributed by atoms with Gasteiger partial charge in [-0.05, 0) is 18.2 Å². The van der Waals surface area contributed by atoms with Crippen LogP contribution in [0.3, 0.4) is 0 Å². The Labute approximate surface area is 123 Å². The Kier molecular flexibility index (Phi) is 3.65. The van der Waals surface area contributed by atoms with Crippen LogP contribution >= 0.6 is 12.6 Å². The van der Waals surface area contributed by atoms with Gasteiger partial charge in [-0.15, -0.1) is 12.6 Å². The zero-order valence-corrected chi connectivity index (χ0v) is 11.8. The smallest absolute Gasteiger partial charge is 0.255 e. The third-order valence-electron chi connectivity index (χ3n) is 3.37. The Bertz CT molecular complexity index is 642. The molecule has 3 nitrogen and oxygen atoms in total. The number of carbonyl (C=O) groups is 1. The predicted octanol–water partition coefficient (Wildman–Crippen LogP) is 3.01. The van der Waals surface area contributed by atoms with Crippen LogP contribution in [0.25, 0.3) is 0 Å². The van der Waals surface area contributed by atoms with E-state index >= 15 is 0 Å². The summed E-state index contributed by atoms with van der Waals surface area (Å²) in [7, 11) is 0. The summed E-state index contributed by atoms with van der Waals surface area (Å²) in [6, 6.07) is 15.2. The molecule has 102 valence electrons. The van der Waals surface area contributed by atoms with E-state index in [1.807, 2.05) is 48.5 Å². The van der Waals surface area contributed by atoms with Crippen molar-refractivity contribution >= 4 is 18.5 Å². The molecule has 0 saturated heterocycles. The SMILES string of the molecule is O=C(c1ccccc1S)N1CCOc2ccccc2C1. The second kappa shape index (κ2) is 5.59. The van der Waals surface area contributed by atoms with Gasteiger partial charge in [0.15, 0.2) is 0 Å². The number of amides is 1. The van der Waals surface area contributed by atoms with Crippen molar-refractivity contribution < 1.29 is 9.53 Å². The molecule has 1 heterocycles. The lowest BCUT2D eigenvalue weighted by Gasteiger charge is -2.20. The van der Waals surface area contributed by atoms with Crippen molar-refractivity contribution in [1.82, 2.24) is 4.90 Å². The average molecular weight is 285 g/mol. The minimum absolute atomic E-state index is 0.00379. The van der Waals surface area contributed by atoms with Gasteiger partial charge in [0.1, 0.15) is 12.4 Å². The quantitative estimate of drug-likeness (QED) is 0.816. The Morgan fingerprint density at radius 3 is 2.70 bits per heavy atom. The first kappa shape index (κ1) is 13.1. The molecule has 1 aliphatic heterocycles. The van der Waals surface area contributed by atoms with Crippen molar-refractivity contribution in [3.63, 3.8) is 0 Å². The van der Waals surface area contributed by atoms with E-state index in [4.69, 9.17) is 4.74 Å². The number of para-hydroxylation sites is 1. The van der Waals surface area contributed by atoms with Crippen molar-refractivity contribution in [3.8, 4) is 5.75 Å². The van der Waals surface area contributed by atoms with Gasteiger partial charge in [0.05, 0.1) is 12.1 Å². The topological polar surface area (TPSA) is 29.5 Å². The zero-order chi connectivity index (χ0) is 13.9. The van der Waals surface area contributed by atoms with Gasteiger partial charge in [-0.3, -0.25) is 4.79 Å². The molecule has 2 aromatic carbocycles. The monoisotopic (exact) mass is 285 g/mol. The molecule has 0 radical (unpaired) electrons. The van der Waals surface area contributed by atoms with Crippen LogP contribution in [-0.2, 0) is 6.54 Å². The number of ether oxygens (including phenoxy) is 1. The first-order chi connectivity index (χ1) is 9.75. The van der Waals surface area contributed by atoms with Gasteiger partial charge in [0.25, 0.3) is 5.91 Å². The summed E-state index contributed by atoms with van der Waals surface area (Å²) in [4.78, 5) is 15.1. The van der Waals surface area contributed by atoms with E-state index < -0.39 is 0 Å². The minimum atomic E-state index is -0.00379. The number of hydrogen-bond donors (Lipinski definition) is 1. The molecule has 0 saturated carbocycles. The Hall–Kier alpha value is -1.94. The number of rotatable bonds is 1. The standard InChI is InChI=1S/C16H15NO2S/c18-16(13-6-2-4-8-15(13)20)17-9-10-19-14-7-3-1-5-12(14)11-17/h1-8,20H,9-11H2. The molecule has 3 rings (SSSR count). The number of nitrogens with zero attached hydrogens (tertiary/aromatic N) is 1. The molecule has 2 aromatic rings. The molecular formula is C16H15NO2S. The Morgan fingerprint density at radius 2 is 1.85 bits per heavy atom. The second-order valence-corrected chi connectivity index (χ2v) is 5.18. The average Bonchev–Trinajstić information content (AvgIpc) is 2.69. The van der Waals surface area contributed by atoms with Crippen molar-refractivity contribution in [1.29, 1.82) is 0 Å². The second-order valence-electron chi connectivity index (χ2n) is 4.70. The number of fused-ring (bicyclic) bond motifs is 1. The zero-order valence-electron chi connectivity index (χ0n) is 11.0. The highest BCUT2D eigenvalue weighted by Gasteiger charge is 2.21. The molecule has 0 N–H and O–H groups in total. The van der Waals surface area contributed by atoms with Gasteiger partial charge in [0, 0.05) is 17.0 Å². The third kappa shape index (κ3) is 2.51. The van der Waals surface area contributed by atoms with E-state index in [-0.39, 0.29) is 5.91 Å². The molecule has 0 aliphatic carbocycles. The largest absolute Gasteiger partial charge is 0.491 e. The van der Waals surface area contributed by atoms with E-state index in [1.165, 1.54) is 0 Å². The summed E-state index contributed by atoms with van der Waals surface area (Å²) < 4.78 is 5.68. The van der Waals surface area contributed by atoms with E-state index in [2.05, 4.69) is 12.6 Å². The van der Waals surface area contributed by atoms with Crippen LogP contribution in [0.15, 0.2) is 53.4 Å². The van der Waals surface area contributed by atoms with Crippen molar-refractivity contribution in [2.75, 3.05) is 13.2 Å². The van der Waals surface area contributed by atoms with Crippen LogP contribution in [0.4, 0.5) is 0 Å². The van der Waals surface area contributed by atoms with Gasteiger partial charge in [-0.1, -0.05) is 30.3 Å². The lowest BCUT2D eigenvalue weighted by Crippen LogP contribution is -2.32. The summed E-state index contributed by atoms with van der Waals surface area (Å²) in [5.74, 6) is 0.859. The number of thiol groups is 1. The van der Waals surface area contributed by atoms with Crippen LogP contribution in [0.2, 0.25) is 0 Å². The molecule has 0 unspecified atom stereocenters. The molecule has 0 fully saturated rings. The first-order valence-corrected chi connectivity index (χ1v) is 6.98. The number of benzene rings is 2. The molecule has 0 atom stereocenters. The molecule has 20 heavy (non-hydrogen) atoms. The Morgan fingerprint density at radius 1 is 1.10 bits per heavy atom. The van der Waals surface area contributed by atoms with Crippen LogP contribution < -0.4 is 4.74 Å². The lowest BCUT2D eigenvalue weighted by molar-refractivity contribution is 0.0730. The first-order valence-electron chi connectivity index (χ1n) is 6.53. The number of hydrogen-bond acceptors (Lipinski definition) is 3. The fourth-order valence-electron chi connectivity index (χ4n) is 2.32. The highest BCUT2D eigenvalue weighted by atomic mass is 32.1. The lowest BCUT2D eigenvalue weighted by atomic mass is 10.1. The van der Waals surface area contributed by atoms with Gasteiger partial charge < -0.3 is 9.64 Å². The highest BCUT2D eigenvalue weighted by molar-refractivity contribution is 7.80. The molecule has 1 amide bonds. The molecule has 0 spiro atoms. The number of carbonyl (C=O) groups excluding carboxylic acids is 1. The maximum Gasteiger partial charge on any atom is 0.255 e. The molecule has 0 bridgehead atoms. The van der Waals surface area contributed by atoms with Gasteiger partial charge in [0.2, 0.25) is 0 Å². The normalized spacial score (nSPS) is 14.2. The van der Waals surface area contributed by atoms with Crippen molar-refractivity contribution in [2.45, 2.75) is 11.4 Å².